The van der Waals surface area contributed by atoms with Crippen molar-refractivity contribution < 1.29 is 14.3 Å². The topological polar surface area (TPSA) is 105 Å². The van der Waals surface area contributed by atoms with E-state index in [0.29, 0.717) is 42.7 Å². The number of aromatic nitrogens is 4. The van der Waals surface area contributed by atoms with E-state index < -0.39 is 5.60 Å². The molecule has 0 spiro atoms. The van der Waals surface area contributed by atoms with E-state index >= 15 is 0 Å². The van der Waals surface area contributed by atoms with Crippen LogP contribution in [0.25, 0.3) is 5.13 Å². The molecule has 0 unspecified atom stereocenters. The second-order valence-corrected chi connectivity index (χ2v) is 9.62. The van der Waals surface area contributed by atoms with E-state index in [1.165, 1.54) is 11.3 Å². The zero-order valence-electron chi connectivity index (χ0n) is 25.1. The van der Waals surface area contributed by atoms with Gasteiger partial charge in [0.05, 0.1) is 23.8 Å². The normalized spacial score (nSPS) is 12.6. The summed E-state index contributed by atoms with van der Waals surface area (Å²) in [4.78, 5) is 37.6. The number of nitrogens with zero attached hydrogens (tertiary/aromatic N) is 6. The predicted molar refractivity (Wildman–Crippen MR) is 160 cm³/mol. The molecule has 0 saturated carbocycles. The van der Waals surface area contributed by atoms with Crippen molar-refractivity contribution in [1.29, 1.82) is 0 Å². The molecule has 0 aromatic carbocycles. The smallest absolute Gasteiger partial charge is 0.410 e. The zero-order valence-corrected chi connectivity index (χ0v) is 25.9. The van der Waals surface area contributed by atoms with Gasteiger partial charge in [0.1, 0.15) is 11.3 Å². The molecule has 1 fully saturated rings. The van der Waals surface area contributed by atoms with Crippen molar-refractivity contribution in [3.63, 3.8) is 0 Å². The van der Waals surface area contributed by atoms with E-state index in [1.54, 1.807) is 33.6 Å². The monoisotopic (exact) mass is 559 g/mol. The SMILES string of the molecule is CC.CC.CC.Cc1cnn(-c2nc(C(=O)Nc3cnccc3N3CCN(C(=O)OC(C)(C)C)CC3)cs2)c1. The largest absolute Gasteiger partial charge is 0.444 e. The fourth-order valence-corrected chi connectivity index (χ4v) is 4.13. The van der Waals surface area contributed by atoms with Gasteiger partial charge in [-0.05, 0) is 39.3 Å². The summed E-state index contributed by atoms with van der Waals surface area (Å²) in [5.41, 5.74) is 2.25. The number of hydrogen-bond acceptors (Lipinski definition) is 8. The van der Waals surface area contributed by atoms with Crippen LogP contribution in [0.4, 0.5) is 16.2 Å². The lowest BCUT2D eigenvalue weighted by molar-refractivity contribution is 0.0240. The lowest BCUT2D eigenvalue weighted by Crippen LogP contribution is -2.50. The molecule has 1 saturated heterocycles. The van der Waals surface area contributed by atoms with E-state index in [1.807, 2.05) is 81.5 Å². The van der Waals surface area contributed by atoms with Gasteiger partial charge in [-0.15, -0.1) is 11.3 Å². The number of piperazine rings is 1. The Morgan fingerprint density at radius 1 is 1.00 bits per heavy atom. The van der Waals surface area contributed by atoms with Gasteiger partial charge in [-0.25, -0.2) is 14.5 Å². The quantitative estimate of drug-likeness (QED) is 0.393. The molecule has 2 amide bonds. The van der Waals surface area contributed by atoms with Gasteiger partial charge in [0.15, 0.2) is 0 Å². The number of anilines is 2. The number of nitrogens with one attached hydrogen (secondary N) is 1. The Kier molecular flexibility index (Phi) is 14.2. The van der Waals surface area contributed by atoms with Crippen LogP contribution >= 0.6 is 11.3 Å². The zero-order chi connectivity index (χ0) is 29.6. The molecule has 1 aliphatic rings. The minimum atomic E-state index is -0.525. The van der Waals surface area contributed by atoms with Crippen LogP contribution in [0.2, 0.25) is 0 Å². The Labute approximate surface area is 237 Å². The van der Waals surface area contributed by atoms with Crippen molar-refractivity contribution >= 4 is 34.7 Å². The summed E-state index contributed by atoms with van der Waals surface area (Å²) in [6.45, 7) is 21.8. The van der Waals surface area contributed by atoms with Crippen molar-refractivity contribution in [3.05, 3.63) is 47.5 Å². The molecule has 4 rings (SSSR count). The molecule has 0 radical (unpaired) electrons. The second-order valence-electron chi connectivity index (χ2n) is 8.78. The maximum Gasteiger partial charge on any atom is 0.410 e. The third-order valence-corrected chi connectivity index (χ3v) is 5.78. The summed E-state index contributed by atoms with van der Waals surface area (Å²) in [7, 11) is 0. The minimum absolute atomic E-state index is 0.308. The highest BCUT2D eigenvalue weighted by atomic mass is 32.1. The third-order valence-electron chi connectivity index (χ3n) is 4.95. The second kappa shape index (κ2) is 16.5. The van der Waals surface area contributed by atoms with E-state index in [4.69, 9.17) is 4.74 Å². The van der Waals surface area contributed by atoms with Gasteiger partial charge in [0.2, 0.25) is 5.13 Å². The number of pyridine rings is 1. The molecule has 4 heterocycles. The van der Waals surface area contributed by atoms with Gasteiger partial charge in [0.25, 0.3) is 5.91 Å². The fourth-order valence-electron chi connectivity index (χ4n) is 3.39. The molecule has 3 aromatic rings. The summed E-state index contributed by atoms with van der Waals surface area (Å²) in [6.07, 6.45) is 6.60. The molecule has 0 aliphatic carbocycles. The summed E-state index contributed by atoms with van der Waals surface area (Å²) in [5, 5.41) is 9.49. The molecule has 39 heavy (non-hydrogen) atoms. The highest BCUT2D eigenvalue weighted by Gasteiger charge is 2.27. The molecule has 10 nitrogen and oxygen atoms in total. The lowest BCUT2D eigenvalue weighted by Gasteiger charge is -2.37. The first-order chi connectivity index (χ1) is 18.7. The van der Waals surface area contributed by atoms with Crippen LogP contribution in [0.1, 0.15) is 78.4 Å². The molecular formula is C28H45N7O3S. The van der Waals surface area contributed by atoms with Crippen molar-refractivity contribution in [2.75, 3.05) is 36.4 Å². The average molecular weight is 560 g/mol. The van der Waals surface area contributed by atoms with Gasteiger partial charge in [-0.3, -0.25) is 9.78 Å². The fraction of sp³-hybridized carbons (Fsp3) is 0.536. The van der Waals surface area contributed by atoms with Crippen LogP contribution < -0.4 is 10.2 Å². The van der Waals surface area contributed by atoms with Gasteiger partial charge < -0.3 is 19.9 Å². The Morgan fingerprint density at radius 2 is 1.64 bits per heavy atom. The summed E-state index contributed by atoms with van der Waals surface area (Å²) >= 11 is 1.35. The summed E-state index contributed by atoms with van der Waals surface area (Å²) < 4.78 is 7.12. The number of rotatable bonds is 4. The highest BCUT2D eigenvalue weighted by Crippen LogP contribution is 2.27. The van der Waals surface area contributed by atoms with Gasteiger partial charge >= 0.3 is 6.09 Å². The highest BCUT2D eigenvalue weighted by molar-refractivity contribution is 7.12. The number of amides is 2. The number of thiazole rings is 1. The number of carbonyl (C=O) groups excluding carboxylic acids is 2. The first-order valence-corrected chi connectivity index (χ1v) is 14.5. The maximum absolute atomic E-state index is 12.9. The summed E-state index contributed by atoms with van der Waals surface area (Å²) in [6, 6.07) is 1.86. The van der Waals surface area contributed by atoms with Crippen molar-refractivity contribution in [1.82, 2.24) is 24.6 Å². The first-order valence-electron chi connectivity index (χ1n) is 13.6. The number of ether oxygens (including phenoxy) is 1. The molecule has 0 bridgehead atoms. The third kappa shape index (κ3) is 9.97. The van der Waals surface area contributed by atoms with Gasteiger partial charge in [0, 0.05) is 44.0 Å². The van der Waals surface area contributed by atoms with Crippen LogP contribution in [0.3, 0.4) is 0 Å². The number of aryl methyl sites for hydroxylation is 1. The Morgan fingerprint density at radius 3 is 2.21 bits per heavy atom. The molecule has 3 aromatic heterocycles. The van der Waals surface area contributed by atoms with Crippen LogP contribution in [-0.2, 0) is 4.74 Å². The number of carbonyl (C=O) groups is 2. The van der Waals surface area contributed by atoms with Gasteiger partial charge in [-0.2, -0.15) is 5.10 Å². The van der Waals surface area contributed by atoms with Crippen LogP contribution in [0.5, 0.6) is 0 Å². The average Bonchev–Trinajstić information content (AvgIpc) is 3.61. The van der Waals surface area contributed by atoms with E-state index in [9.17, 15) is 9.59 Å². The predicted octanol–water partition coefficient (Wildman–Crippen LogP) is 6.42. The van der Waals surface area contributed by atoms with Crippen molar-refractivity contribution in [3.8, 4) is 5.13 Å². The van der Waals surface area contributed by atoms with E-state index in [0.717, 1.165) is 11.3 Å². The molecule has 1 aliphatic heterocycles. The molecular weight excluding hydrogens is 514 g/mol. The Bertz CT molecular complexity index is 1150. The minimum Gasteiger partial charge on any atom is -0.444 e. The molecule has 216 valence electrons. The van der Waals surface area contributed by atoms with Crippen molar-refractivity contribution in [2.45, 2.75) is 74.8 Å². The standard InChI is InChI=1S/C22H27N7O3S.3C2H6/c1-15-11-24-29(13-15)20-26-17(14-33-20)19(30)25-16-12-23-6-5-18(16)27-7-9-28(10-8-27)21(31)32-22(2,3)4;3*1-2/h5-6,11-14H,7-10H2,1-4H3,(H,25,30);3*1-2H3. The lowest BCUT2D eigenvalue weighted by atomic mass is 10.2. The van der Waals surface area contributed by atoms with Gasteiger partial charge in [-0.1, -0.05) is 41.5 Å². The van der Waals surface area contributed by atoms with Crippen molar-refractivity contribution in [2.24, 2.45) is 0 Å². The molecule has 0 atom stereocenters. The van der Waals surface area contributed by atoms with Crippen LogP contribution in [0, 0.1) is 6.92 Å². The molecule has 1 N–H and O–H groups in total. The first kappa shape index (κ1) is 33.6. The molecule has 11 heteroatoms. The van der Waals surface area contributed by atoms with E-state index in [2.05, 4.69) is 25.3 Å². The van der Waals surface area contributed by atoms with Crippen LogP contribution in [0.15, 0.2) is 36.2 Å². The maximum atomic E-state index is 12.9. The Hall–Kier alpha value is -3.47. The van der Waals surface area contributed by atoms with E-state index in [-0.39, 0.29) is 12.0 Å². The Balaban J connectivity index is 0.00000119. The summed E-state index contributed by atoms with van der Waals surface area (Å²) in [5.74, 6) is -0.317. The van der Waals surface area contributed by atoms with Crippen LogP contribution in [-0.4, -0.2) is 68.4 Å². The number of hydrogen-bond donors (Lipinski definition) is 1.